The number of halogens is 1. The Morgan fingerprint density at radius 1 is 1.21 bits per heavy atom. The van der Waals surface area contributed by atoms with E-state index in [2.05, 4.69) is 20.3 Å². The zero-order valence-electron chi connectivity index (χ0n) is 16.6. The van der Waals surface area contributed by atoms with Crippen LogP contribution in [0.15, 0.2) is 24.7 Å². The fourth-order valence-corrected chi connectivity index (χ4v) is 4.21. The molecule has 8 heteroatoms. The molecule has 0 unspecified atom stereocenters. The van der Waals surface area contributed by atoms with Gasteiger partial charge in [0, 0.05) is 48.5 Å². The maximum absolute atomic E-state index is 14.5. The molecule has 3 aromatic heterocycles. The first kappa shape index (κ1) is 17.8. The van der Waals surface area contributed by atoms with Crippen molar-refractivity contribution in [2.75, 3.05) is 6.61 Å². The molecule has 5 rings (SSSR count). The SMILES string of the molecule is Cc1nn(C)c(C)c1-c1cnc(CCc2c(F)ccc3c2CCO3)n2cnnc12. The Morgan fingerprint density at radius 2 is 2.07 bits per heavy atom. The summed E-state index contributed by atoms with van der Waals surface area (Å²) in [5.41, 5.74) is 6.31. The largest absolute Gasteiger partial charge is 0.493 e. The summed E-state index contributed by atoms with van der Waals surface area (Å²) in [5.74, 6) is 1.40. The molecule has 4 heterocycles. The molecule has 0 radical (unpaired) electrons. The summed E-state index contributed by atoms with van der Waals surface area (Å²) >= 11 is 0. The quantitative estimate of drug-likeness (QED) is 0.534. The Kier molecular flexibility index (Phi) is 4.08. The van der Waals surface area contributed by atoms with Crippen molar-refractivity contribution in [3.8, 4) is 16.9 Å². The van der Waals surface area contributed by atoms with Crippen molar-refractivity contribution in [3.05, 3.63) is 58.8 Å². The minimum Gasteiger partial charge on any atom is -0.493 e. The van der Waals surface area contributed by atoms with Gasteiger partial charge >= 0.3 is 0 Å². The van der Waals surface area contributed by atoms with Crippen molar-refractivity contribution in [1.29, 1.82) is 0 Å². The topological polar surface area (TPSA) is 70.1 Å². The van der Waals surface area contributed by atoms with Gasteiger partial charge in [-0.25, -0.2) is 9.37 Å². The van der Waals surface area contributed by atoms with E-state index in [1.54, 1.807) is 12.4 Å². The highest BCUT2D eigenvalue weighted by Crippen LogP contribution is 2.32. The van der Waals surface area contributed by atoms with Crippen LogP contribution in [0.2, 0.25) is 0 Å². The molecule has 1 aliphatic rings. The van der Waals surface area contributed by atoms with Crippen molar-refractivity contribution < 1.29 is 9.13 Å². The molecule has 1 aliphatic heterocycles. The Hall–Kier alpha value is -3.29. The second kappa shape index (κ2) is 6.65. The number of rotatable bonds is 4. The van der Waals surface area contributed by atoms with E-state index in [0.717, 1.165) is 51.7 Å². The van der Waals surface area contributed by atoms with Gasteiger partial charge in [0.2, 0.25) is 0 Å². The second-order valence-corrected chi connectivity index (χ2v) is 7.38. The van der Waals surface area contributed by atoms with Crippen LogP contribution >= 0.6 is 0 Å². The molecule has 29 heavy (non-hydrogen) atoms. The Labute approximate surface area is 167 Å². The van der Waals surface area contributed by atoms with E-state index >= 15 is 0 Å². The summed E-state index contributed by atoms with van der Waals surface area (Å²) < 4.78 is 23.8. The third-order valence-corrected chi connectivity index (χ3v) is 5.73. The van der Waals surface area contributed by atoms with Gasteiger partial charge in [0.1, 0.15) is 23.7 Å². The van der Waals surface area contributed by atoms with Crippen LogP contribution in [0, 0.1) is 19.7 Å². The van der Waals surface area contributed by atoms with Crippen LogP contribution in [0.1, 0.15) is 28.3 Å². The highest BCUT2D eigenvalue weighted by atomic mass is 19.1. The van der Waals surface area contributed by atoms with Gasteiger partial charge in [-0.1, -0.05) is 0 Å². The summed E-state index contributed by atoms with van der Waals surface area (Å²) in [6.45, 7) is 4.61. The van der Waals surface area contributed by atoms with Crippen LogP contribution in [-0.2, 0) is 26.3 Å². The van der Waals surface area contributed by atoms with Gasteiger partial charge in [-0.15, -0.1) is 10.2 Å². The van der Waals surface area contributed by atoms with E-state index in [1.165, 1.54) is 6.07 Å². The van der Waals surface area contributed by atoms with Crippen LogP contribution in [0.5, 0.6) is 5.75 Å². The predicted molar refractivity (Wildman–Crippen MR) is 105 cm³/mol. The van der Waals surface area contributed by atoms with E-state index in [-0.39, 0.29) is 5.82 Å². The Morgan fingerprint density at radius 3 is 2.86 bits per heavy atom. The molecular weight excluding hydrogens is 371 g/mol. The van der Waals surface area contributed by atoms with Gasteiger partial charge in [-0.3, -0.25) is 9.08 Å². The molecule has 1 aromatic carbocycles. The standard InChI is InChI=1S/C21H21FN6O/c1-12-20(13(2)27(3)26-12)16-10-23-19(28-11-24-25-21(16)28)7-4-14-15-8-9-29-18(15)6-5-17(14)22/h5-6,10-11H,4,7-9H2,1-3H3. The van der Waals surface area contributed by atoms with Gasteiger partial charge in [0.25, 0.3) is 0 Å². The van der Waals surface area contributed by atoms with E-state index in [9.17, 15) is 4.39 Å². The summed E-state index contributed by atoms with van der Waals surface area (Å²) in [4.78, 5) is 4.68. The highest BCUT2D eigenvalue weighted by molar-refractivity contribution is 5.79. The third-order valence-electron chi connectivity index (χ3n) is 5.73. The molecule has 0 saturated heterocycles. The maximum Gasteiger partial charge on any atom is 0.171 e. The summed E-state index contributed by atoms with van der Waals surface area (Å²) in [7, 11) is 1.92. The van der Waals surface area contributed by atoms with Crippen molar-refractivity contribution in [2.24, 2.45) is 7.05 Å². The number of hydrogen-bond acceptors (Lipinski definition) is 5. The van der Waals surface area contributed by atoms with Crippen molar-refractivity contribution in [1.82, 2.24) is 29.4 Å². The molecule has 0 spiro atoms. The van der Waals surface area contributed by atoms with Gasteiger partial charge in [-0.2, -0.15) is 5.10 Å². The molecular formula is C21H21FN6O. The Balaban J connectivity index is 1.52. The molecule has 0 aliphatic carbocycles. The number of fused-ring (bicyclic) bond motifs is 2. The number of ether oxygens (including phenoxy) is 1. The molecule has 0 amide bonds. The minimum absolute atomic E-state index is 0.188. The molecule has 0 atom stereocenters. The average molecular weight is 392 g/mol. The van der Waals surface area contributed by atoms with Crippen LogP contribution in [0.25, 0.3) is 16.8 Å². The number of benzene rings is 1. The first-order chi connectivity index (χ1) is 14.0. The fourth-order valence-electron chi connectivity index (χ4n) is 4.21. The van der Waals surface area contributed by atoms with Gasteiger partial charge < -0.3 is 4.74 Å². The first-order valence-corrected chi connectivity index (χ1v) is 9.66. The van der Waals surface area contributed by atoms with Crippen LogP contribution in [0.4, 0.5) is 4.39 Å². The maximum atomic E-state index is 14.5. The third kappa shape index (κ3) is 2.78. The monoisotopic (exact) mass is 392 g/mol. The zero-order valence-corrected chi connectivity index (χ0v) is 16.6. The van der Waals surface area contributed by atoms with Gasteiger partial charge in [0.15, 0.2) is 5.65 Å². The Bertz CT molecular complexity index is 1240. The van der Waals surface area contributed by atoms with E-state index in [0.29, 0.717) is 25.0 Å². The zero-order chi connectivity index (χ0) is 20.1. The van der Waals surface area contributed by atoms with Gasteiger partial charge in [0.05, 0.1) is 12.3 Å². The highest BCUT2D eigenvalue weighted by Gasteiger charge is 2.21. The molecule has 0 bridgehead atoms. The summed E-state index contributed by atoms with van der Waals surface area (Å²) in [6.07, 6.45) is 5.36. The normalized spacial score (nSPS) is 13.1. The lowest BCUT2D eigenvalue weighted by Gasteiger charge is -2.11. The lowest BCUT2D eigenvalue weighted by molar-refractivity contribution is 0.356. The number of nitrogens with zero attached hydrogens (tertiary/aromatic N) is 6. The lowest BCUT2D eigenvalue weighted by Crippen LogP contribution is -2.06. The second-order valence-electron chi connectivity index (χ2n) is 7.38. The van der Waals surface area contributed by atoms with Crippen LogP contribution < -0.4 is 4.74 Å². The first-order valence-electron chi connectivity index (χ1n) is 9.66. The van der Waals surface area contributed by atoms with Crippen LogP contribution in [-0.4, -0.2) is 36.0 Å². The molecule has 0 N–H and O–H groups in total. The van der Waals surface area contributed by atoms with Gasteiger partial charge in [-0.05, 0) is 38.0 Å². The van der Waals surface area contributed by atoms with Crippen molar-refractivity contribution in [2.45, 2.75) is 33.1 Å². The lowest BCUT2D eigenvalue weighted by atomic mass is 10.00. The fraction of sp³-hybridized carbons (Fsp3) is 0.333. The molecule has 7 nitrogen and oxygen atoms in total. The van der Waals surface area contributed by atoms with Crippen molar-refractivity contribution in [3.63, 3.8) is 0 Å². The molecule has 0 saturated carbocycles. The summed E-state index contributed by atoms with van der Waals surface area (Å²) in [6, 6.07) is 3.20. The molecule has 4 aromatic rings. The predicted octanol–water partition coefficient (Wildman–Crippen LogP) is 3.00. The number of aromatic nitrogens is 6. The summed E-state index contributed by atoms with van der Waals surface area (Å²) in [5, 5.41) is 12.9. The molecule has 148 valence electrons. The van der Waals surface area contributed by atoms with E-state index in [4.69, 9.17) is 4.74 Å². The van der Waals surface area contributed by atoms with E-state index in [1.807, 2.05) is 36.2 Å². The van der Waals surface area contributed by atoms with E-state index < -0.39 is 0 Å². The smallest absolute Gasteiger partial charge is 0.171 e. The average Bonchev–Trinajstić information content (AvgIpc) is 3.42. The van der Waals surface area contributed by atoms with Crippen LogP contribution in [0.3, 0.4) is 0 Å². The number of hydrogen-bond donors (Lipinski definition) is 0. The molecule has 0 fully saturated rings. The number of aryl methyl sites for hydroxylation is 3. The van der Waals surface area contributed by atoms with Crippen molar-refractivity contribution >= 4 is 5.65 Å². The minimum atomic E-state index is -0.188.